The Balaban J connectivity index is 0.000000980. The van der Waals surface area contributed by atoms with Gasteiger partial charge in [0.15, 0.2) is 0 Å². The van der Waals surface area contributed by atoms with Crippen molar-refractivity contribution in [3.05, 3.63) is 0 Å². The third-order valence-corrected chi connectivity index (χ3v) is 3.82. The summed E-state index contributed by atoms with van der Waals surface area (Å²) in [6.45, 7) is 1.28. The van der Waals surface area contributed by atoms with E-state index >= 15 is 0 Å². The number of hydrogen-bond acceptors (Lipinski definition) is 1. The molecule has 0 amide bonds. The Bertz CT molecular complexity index is 135. The molecule has 2 fully saturated rings. The van der Waals surface area contributed by atoms with Crippen molar-refractivity contribution in [2.45, 2.75) is 63.8 Å². The molecule has 2 rings (SSSR count). The quantitative estimate of drug-likeness (QED) is 0.709. The Labute approximate surface area is 94.4 Å². The normalized spacial score (nSPS) is 30.4. The summed E-state index contributed by atoms with van der Waals surface area (Å²) in [5.74, 6) is 1.02. The van der Waals surface area contributed by atoms with Gasteiger partial charge in [-0.2, -0.15) is 0 Å². The third-order valence-electron chi connectivity index (χ3n) is 3.82. The Kier molecular flexibility index (Phi) is 5.88. The van der Waals surface area contributed by atoms with Crippen molar-refractivity contribution in [3.8, 4) is 0 Å². The highest BCUT2D eigenvalue weighted by atomic mass is 35.5. The maximum atomic E-state index is 3.75. The van der Waals surface area contributed by atoms with Crippen molar-refractivity contribution in [3.63, 3.8) is 0 Å². The zero-order chi connectivity index (χ0) is 8.93. The Morgan fingerprint density at radius 2 is 1.36 bits per heavy atom. The van der Waals surface area contributed by atoms with Gasteiger partial charge in [0.1, 0.15) is 0 Å². The number of halogens is 1. The molecule has 0 bridgehead atoms. The minimum Gasteiger partial charge on any atom is -0.314 e. The fraction of sp³-hybridized carbons (Fsp3) is 1.00. The van der Waals surface area contributed by atoms with Crippen LogP contribution < -0.4 is 5.32 Å². The number of rotatable bonds is 1. The van der Waals surface area contributed by atoms with Crippen LogP contribution in [0, 0.1) is 5.92 Å². The highest BCUT2D eigenvalue weighted by Gasteiger charge is 2.23. The summed E-state index contributed by atoms with van der Waals surface area (Å²) >= 11 is 0. The number of nitrogens with one attached hydrogen (secondary N) is 1. The van der Waals surface area contributed by atoms with E-state index in [9.17, 15) is 0 Å². The highest BCUT2D eigenvalue weighted by Crippen LogP contribution is 2.29. The fourth-order valence-electron chi connectivity index (χ4n) is 2.99. The predicted molar refractivity (Wildman–Crippen MR) is 64.1 cm³/mol. The van der Waals surface area contributed by atoms with Crippen molar-refractivity contribution in [2.24, 2.45) is 5.92 Å². The first-order chi connectivity index (χ1) is 6.47. The van der Waals surface area contributed by atoms with Gasteiger partial charge in [0.05, 0.1) is 0 Å². The standard InChI is InChI=1S/C12H23N.ClH/c1-3-7-11(8-4-1)12-9-5-2-6-10-13-12;/h11-13H,1-10H2;1H. The zero-order valence-electron chi connectivity index (χ0n) is 9.13. The van der Waals surface area contributed by atoms with Gasteiger partial charge < -0.3 is 5.32 Å². The van der Waals surface area contributed by atoms with E-state index < -0.39 is 0 Å². The lowest BCUT2D eigenvalue weighted by molar-refractivity contribution is 0.264. The largest absolute Gasteiger partial charge is 0.314 e. The average molecular weight is 218 g/mol. The van der Waals surface area contributed by atoms with Gasteiger partial charge in [0.2, 0.25) is 0 Å². The van der Waals surface area contributed by atoms with E-state index in [4.69, 9.17) is 0 Å². The van der Waals surface area contributed by atoms with Gasteiger partial charge in [-0.1, -0.05) is 32.1 Å². The van der Waals surface area contributed by atoms with E-state index in [-0.39, 0.29) is 12.4 Å². The van der Waals surface area contributed by atoms with Gasteiger partial charge in [0, 0.05) is 6.04 Å². The van der Waals surface area contributed by atoms with Crippen LogP contribution in [-0.2, 0) is 0 Å². The van der Waals surface area contributed by atoms with Gasteiger partial charge in [-0.25, -0.2) is 0 Å². The first kappa shape index (κ1) is 12.3. The van der Waals surface area contributed by atoms with Gasteiger partial charge >= 0.3 is 0 Å². The van der Waals surface area contributed by atoms with E-state index in [1.165, 1.54) is 64.3 Å². The lowest BCUT2D eigenvalue weighted by Crippen LogP contribution is -2.36. The lowest BCUT2D eigenvalue weighted by Gasteiger charge is -2.30. The van der Waals surface area contributed by atoms with Crippen molar-refractivity contribution >= 4 is 12.4 Å². The fourth-order valence-corrected chi connectivity index (χ4v) is 2.99. The topological polar surface area (TPSA) is 12.0 Å². The summed E-state index contributed by atoms with van der Waals surface area (Å²) in [5, 5.41) is 3.75. The molecule has 0 aromatic rings. The molecule has 1 saturated carbocycles. The molecule has 1 atom stereocenters. The molecule has 14 heavy (non-hydrogen) atoms. The summed E-state index contributed by atoms with van der Waals surface area (Å²) < 4.78 is 0. The lowest BCUT2D eigenvalue weighted by atomic mass is 9.82. The highest BCUT2D eigenvalue weighted by molar-refractivity contribution is 5.85. The Hall–Kier alpha value is 0.250. The average Bonchev–Trinajstić information content (AvgIpc) is 2.47. The summed E-state index contributed by atoms with van der Waals surface area (Å²) in [7, 11) is 0. The van der Waals surface area contributed by atoms with E-state index in [2.05, 4.69) is 5.32 Å². The molecule has 1 nitrogen and oxygen atoms in total. The van der Waals surface area contributed by atoms with E-state index in [0.29, 0.717) is 0 Å². The minimum absolute atomic E-state index is 0. The monoisotopic (exact) mass is 217 g/mol. The van der Waals surface area contributed by atoms with Crippen molar-refractivity contribution in [1.29, 1.82) is 0 Å². The smallest absolute Gasteiger partial charge is 0.00953 e. The second-order valence-corrected chi connectivity index (χ2v) is 4.81. The van der Waals surface area contributed by atoms with Crippen LogP contribution in [0.4, 0.5) is 0 Å². The van der Waals surface area contributed by atoms with Crippen molar-refractivity contribution in [1.82, 2.24) is 5.32 Å². The van der Waals surface area contributed by atoms with E-state index in [1.807, 2.05) is 0 Å². The summed E-state index contributed by atoms with van der Waals surface area (Å²) in [5.41, 5.74) is 0. The molecular formula is C12H24ClN. The summed E-state index contributed by atoms with van der Waals surface area (Å²) in [6, 6.07) is 0.878. The van der Waals surface area contributed by atoms with E-state index in [1.54, 1.807) is 0 Å². The number of hydrogen-bond donors (Lipinski definition) is 1. The zero-order valence-corrected chi connectivity index (χ0v) is 9.95. The molecular weight excluding hydrogens is 194 g/mol. The molecule has 0 radical (unpaired) electrons. The van der Waals surface area contributed by atoms with Crippen LogP contribution in [-0.4, -0.2) is 12.6 Å². The van der Waals surface area contributed by atoms with Gasteiger partial charge in [0.25, 0.3) is 0 Å². The molecule has 0 aromatic carbocycles. The van der Waals surface area contributed by atoms with Crippen LogP contribution in [0.15, 0.2) is 0 Å². The Morgan fingerprint density at radius 3 is 2.14 bits per heavy atom. The van der Waals surface area contributed by atoms with Gasteiger partial charge in [-0.15, -0.1) is 12.4 Å². The molecule has 1 aliphatic carbocycles. The molecule has 1 aliphatic heterocycles. The maximum absolute atomic E-state index is 3.75. The molecule has 0 aromatic heterocycles. The second-order valence-electron chi connectivity index (χ2n) is 4.81. The van der Waals surface area contributed by atoms with Gasteiger partial charge in [-0.05, 0) is 38.1 Å². The predicted octanol–water partition coefficient (Wildman–Crippen LogP) is 3.52. The van der Waals surface area contributed by atoms with Gasteiger partial charge in [-0.3, -0.25) is 0 Å². The molecule has 1 N–H and O–H groups in total. The van der Waals surface area contributed by atoms with Crippen molar-refractivity contribution in [2.75, 3.05) is 6.54 Å². The maximum Gasteiger partial charge on any atom is 0.00953 e. The molecule has 1 heterocycles. The summed E-state index contributed by atoms with van der Waals surface area (Å²) in [6.07, 6.45) is 13.2. The van der Waals surface area contributed by atoms with Crippen molar-refractivity contribution < 1.29 is 0 Å². The first-order valence-electron chi connectivity index (χ1n) is 6.20. The third kappa shape index (κ3) is 3.43. The molecule has 84 valence electrons. The van der Waals surface area contributed by atoms with Crippen LogP contribution in [0.5, 0.6) is 0 Å². The minimum atomic E-state index is 0. The molecule has 2 aliphatic rings. The van der Waals surface area contributed by atoms with Crippen LogP contribution in [0.1, 0.15) is 57.8 Å². The Morgan fingerprint density at radius 1 is 0.714 bits per heavy atom. The summed E-state index contributed by atoms with van der Waals surface area (Å²) in [4.78, 5) is 0. The first-order valence-corrected chi connectivity index (χ1v) is 6.20. The second kappa shape index (κ2) is 6.68. The SMILES string of the molecule is C1CCC(C2CCCCCN2)CC1.Cl. The molecule has 0 spiro atoms. The van der Waals surface area contributed by atoms with Crippen LogP contribution in [0.25, 0.3) is 0 Å². The van der Waals surface area contributed by atoms with Crippen LogP contribution >= 0.6 is 12.4 Å². The van der Waals surface area contributed by atoms with E-state index in [0.717, 1.165) is 12.0 Å². The molecule has 1 unspecified atom stereocenters. The van der Waals surface area contributed by atoms with Crippen LogP contribution in [0.2, 0.25) is 0 Å². The van der Waals surface area contributed by atoms with Crippen LogP contribution in [0.3, 0.4) is 0 Å². The molecule has 1 saturated heterocycles. The molecule has 2 heteroatoms.